The average molecular weight is 447 g/mol. The fourth-order valence-electron chi connectivity index (χ4n) is 3.01. The van der Waals surface area contributed by atoms with Crippen molar-refractivity contribution >= 4 is 45.0 Å². The van der Waals surface area contributed by atoms with Gasteiger partial charge in [0.05, 0.1) is 16.1 Å². The molecule has 1 aromatic carbocycles. The van der Waals surface area contributed by atoms with Crippen molar-refractivity contribution in [2.75, 3.05) is 31.5 Å². The molecule has 1 unspecified atom stereocenters. The van der Waals surface area contributed by atoms with Gasteiger partial charge in [0.1, 0.15) is 10.7 Å². The SMILES string of the molecule is Cc1cc(NC(=O)C(C)N2CCN(S(=O)(=O)c3c(Cl)cccc3Cl)CC2)no1. The van der Waals surface area contributed by atoms with Crippen LogP contribution < -0.4 is 5.32 Å². The van der Waals surface area contributed by atoms with Gasteiger partial charge >= 0.3 is 0 Å². The molecule has 3 rings (SSSR count). The highest BCUT2D eigenvalue weighted by atomic mass is 35.5. The van der Waals surface area contributed by atoms with E-state index in [9.17, 15) is 13.2 Å². The van der Waals surface area contributed by atoms with Crippen molar-refractivity contribution in [1.29, 1.82) is 0 Å². The number of piperazine rings is 1. The third kappa shape index (κ3) is 4.33. The summed E-state index contributed by atoms with van der Waals surface area (Å²) in [6.45, 7) is 4.74. The lowest BCUT2D eigenvalue weighted by Crippen LogP contribution is -2.54. The lowest BCUT2D eigenvalue weighted by molar-refractivity contribution is -0.121. The van der Waals surface area contributed by atoms with Crippen LogP contribution in [0.1, 0.15) is 12.7 Å². The number of carbonyl (C=O) groups is 1. The molecule has 2 aromatic rings. The highest BCUT2D eigenvalue weighted by Gasteiger charge is 2.34. The Morgan fingerprint density at radius 2 is 1.82 bits per heavy atom. The minimum Gasteiger partial charge on any atom is -0.360 e. The lowest BCUT2D eigenvalue weighted by atomic mass is 10.2. The Morgan fingerprint density at radius 3 is 2.36 bits per heavy atom. The summed E-state index contributed by atoms with van der Waals surface area (Å²) < 4.78 is 32.1. The third-order valence-corrected chi connectivity index (χ3v) is 7.45. The smallest absolute Gasteiger partial charge is 0.246 e. The maximum absolute atomic E-state index is 12.9. The van der Waals surface area contributed by atoms with E-state index in [0.29, 0.717) is 24.7 Å². The van der Waals surface area contributed by atoms with Crippen molar-refractivity contribution in [1.82, 2.24) is 14.4 Å². The van der Waals surface area contributed by atoms with Crippen LogP contribution in [-0.2, 0) is 14.8 Å². The van der Waals surface area contributed by atoms with Gasteiger partial charge in [-0.3, -0.25) is 9.69 Å². The molecular weight excluding hydrogens is 427 g/mol. The topological polar surface area (TPSA) is 95.8 Å². The van der Waals surface area contributed by atoms with Crippen LogP contribution in [0.3, 0.4) is 0 Å². The predicted molar refractivity (Wildman–Crippen MR) is 106 cm³/mol. The number of aryl methyl sites for hydroxylation is 1. The number of sulfonamides is 1. The normalized spacial score (nSPS) is 17.4. The Hall–Kier alpha value is -1.65. The van der Waals surface area contributed by atoms with Gasteiger partial charge in [-0.1, -0.05) is 34.4 Å². The Bertz CT molecular complexity index is 951. The summed E-state index contributed by atoms with van der Waals surface area (Å²) in [6, 6.07) is 5.76. The average Bonchev–Trinajstić information content (AvgIpc) is 3.05. The second-order valence-corrected chi connectivity index (χ2v) is 9.17. The maximum atomic E-state index is 12.9. The van der Waals surface area contributed by atoms with Gasteiger partial charge in [0.2, 0.25) is 15.9 Å². The first-order valence-corrected chi connectivity index (χ1v) is 10.8. The van der Waals surface area contributed by atoms with Crippen LogP contribution in [-0.4, -0.2) is 60.9 Å². The van der Waals surface area contributed by atoms with Crippen LogP contribution in [0.2, 0.25) is 10.0 Å². The molecule has 1 aromatic heterocycles. The fourth-order valence-corrected chi connectivity index (χ4v) is 5.52. The van der Waals surface area contributed by atoms with Crippen LogP contribution in [0.4, 0.5) is 5.82 Å². The van der Waals surface area contributed by atoms with Gasteiger partial charge in [0.25, 0.3) is 0 Å². The number of amides is 1. The molecule has 0 saturated carbocycles. The monoisotopic (exact) mass is 446 g/mol. The molecule has 0 aliphatic carbocycles. The highest BCUT2D eigenvalue weighted by Crippen LogP contribution is 2.32. The van der Waals surface area contributed by atoms with Crippen LogP contribution >= 0.6 is 23.2 Å². The van der Waals surface area contributed by atoms with Gasteiger partial charge in [0.15, 0.2) is 5.82 Å². The van der Waals surface area contributed by atoms with E-state index in [2.05, 4.69) is 10.5 Å². The van der Waals surface area contributed by atoms with E-state index in [1.54, 1.807) is 26.0 Å². The van der Waals surface area contributed by atoms with Crippen LogP contribution in [0, 0.1) is 6.92 Å². The van der Waals surface area contributed by atoms with Gasteiger partial charge in [-0.05, 0) is 26.0 Å². The van der Waals surface area contributed by atoms with E-state index in [0.717, 1.165) is 0 Å². The molecule has 11 heteroatoms. The zero-order valence-electron chi connectivity index (χ0n) is 15.4. The quantitative estimate of drug-likeness (QED) is 0.757. The van der Waals surface area contributed by atoms with Crippen molar-refractivity contribution in [2.24, 2.45) is 0 Å². The number of nitrogens with one attached hydrogen (secondary N) is 1. The first-order chi connectivity index (χ1) is 13.2. The molecule has 0 radical (unpaired) electrons. The van der Waals surface area contributed by atoms with Gasteiger partial charge in [-0.25, -0.2) is 8.42 Å². The van der Waals surface area contributed by atoms with E-state index in [4.69, 9.17) is 27.7 Å². The van der Waals surface area contributed by atoms with Crippen molar-refractivity contribution in [3.8, 4) is 0 Å². The van der Waals surface area contributed by atoms with Crippen molar-refractivity contribution < 1.29 is 17.7 Å². The Kier molecular flexibility index (Phi) is 6.31. The Labute approximate surface area is 173 Å². The summed E-state index contributed by atoms with van der Waals surface area (Å²) in [5.41, 5.74) is 0. The summed E-state index contributed by atoms with van der Waals surface area (Å²) in [7, 11) is -3.82. The third-order valence-electron chi connectivity index (χ3n) is 4.60. The molecule has 1 fully saturated rings. The van der Waals surface area contributed by atoms with E-state index in [1.807, 2.05) is 4.90 Å². The number of rotatable bonds is 5. The molecule has 1 N–H and O–H groups in total. The number of hydrogen-bond donors (Lipinski definition) is 1. The van der Waals surface area contributed by atoms with Gasteiger partial charge in [0, 0.05) is 32.2 Å². The largest absolute Gasteiger partial charge is 0.360 e. The van der Waals surface area contributed by atoms with Crippen molar-refractivity contribution in [3.63, 3.8) is 0 Å². The van der Waals surface area contributed by atoms with E-state index >= 15 is 0 Å². The predicted octanol–water partition coefficient (Wildman–Crippen LogP) is 2.62. The van der Waals surface area contributed by atoms with Crippen LogP contribution in [0.25, 0.3) is 0 Å². The fraction of sp³-hybridized carbons (Fsp3) is 0.412. The molecule has 1 atom stereocenters. The van der Waals surface area contributed by atoms with Crippen molar-refractivity contribution in [3.05, 3.63) is 40.1 Å². The van der Waals surface area contributed by atoms with Crippen molar-refractivity contribution in [2.45, 2.75) is 24.8 Å². The molecular formula is C17H20Cl2N4O4S. The minimum atomic E-state index is -3.82. The number of halogens is 2. The van der Waals surface area contributed by atoms with Gasteiger partial charge < -0.3 is 9.84 Å². The molecule has 152 valence electrons. The maximum Gasteiger partial charge on any atom is 0.246 e. The number of aromatic nitrogens is 1. The molecule has 1 amide bonds. The summed E-state index contributed by atoms with van der Waals surface area (Å²) >= 11 is 12.1. The second kappa shape index (κ2) is 8.38. The first kappa shape index (κ1) is 21.1. The highest BCUT2D eigenvalue weighted by molar-refractivity contribution is 7.89. The van der Waals surface area contributed by atoms with E-state index < -0.39 is 16.1 Å². The lowest BCUT2D eigenvalue weighted by Gasteiger charge is -2.36. The standard InChI is InChI=1S/C17H20Cl2N4O4S/c1-11-10-15(21-27-11)20-17(24)12(2)22-6-8-23(9-7-22)28(25,26)16-13(18)4-3-5-14(16)19/h3-5,10,12H,6-9H2,1-2H3,(H,20,21,24). The Morgan fingerprint density at radius 1 is 1.21 bits per heavy atom. The number of nitrogens with zero attached hydrogens (tertiary/aromatic N) is 3. The first-order valence-electron chi connectivity index (χ1n) is 8.62. The number of benzene rings is 1. The number of carbonyl (C=O) groups excluding carboxylic acids is 1. The summed E-state index contributed by atoms with van der Waals surface area (Å²) in [6.07, 6.45) is 0. The summed E-state index contributed by atoms with van der Waals surface area (Å²) in [4.78, 5) is 14.2. The molecule has 28 heavy (non-hydrogen) atoms. The van der Waals surface area contributed by atoms with E-state index in [1.165, 1.54) is 16.4 Å². The molecule has 0 spiro atoms. The molecule has 8 nitrogen and oxygen atoms in total. The molecule has 2 heterocycles. The van der Waals surface area contributed by atoms with Gasteiger partial charge in [-0.15, -0.1) is 0 Å². The zero-order valence-corrected chi connectivity index (χ0v) is 17.7. The molecule has 1 saturated heterocycles. The van der Waals surface area contributed by atoms with Crippen LogP contribution in [0.15, 0.2) is 33.7 Å². The van der Waals surface area contributed by atoms with E-state index in [-0.39, 0.29) is 33.9 Å². The number of hydrogen-bond acceptors (Lipinski definition) is 6. The zero-order chi connectivity index (χ0) is 20.5. The Balaban J connectivity index is 1.64. The summed E-state index contributed by atoms with van der Waals surface area (Å²) in [5, 5.41) is 6.61. The molecule has 1 aliphatic heterocycles. The minimum absolute atomic E-state index is 0.0843. The van der Waals surface area contributed by atoms with Crippen LogP contribution in [0.5, 0.6) is 0 Å². The summed E-state index contributed by atoms with van der Waals surface area (Å²) in [5.74, 6) is 0.711. The van der Waals surface area contributed by atoms with Gasteiger partial charge in [-0.2, -0.15) is 4.31 Å². The molecule has 0 bridgehead atoms. The number of anilines is 1. The molecule has 1 aliphatic rings. The second-order valence-electron chi connectivity index (χ2n) is 6.48.